The molecular formula is C31H45BO3. The molecule has 35 heavy (non-hydrogen) atoms. The molecule has 6 saturated carbocycles. The van der Waals surface area contributed by atoms with Gasteiger partial charge in [-0.1, -0.05) is 71.9 Å². The van der Waals surface area contributed by atoms with Crippen LogP contribution in [0.5, 0.6) is 0 Å². The van der Waals surface area contributed by atoms with Crippen LogP contribution in [0, 0.1) is 46.3 Å². The normalized spacial score (nSPS) is 38.0. The van der Waals surface area contributed by atoms with Crippen LogP contribution < -0.4 is 0 Å². The highest BCUT2D eigenvalue weighted by Gasteiger charge is 2.63. The summed E-state index contributed by atoms with van der Waals surface area (Å²) in [5.41, 5.74) is 1.60. The minimum atomic E-state index is -0.0905. The molecule has 6 aliphatic rings. The van der Waals surface area contributed by atoms with Crippen molar-refractivity contribution in [3.8, 4) is 0 Å². The van der Waals surface area contributed by atoms with E-state index < -0.39 is 0 Å². The Kier molecular flexibility index (Phi) is 6.50. The first-order valence-electron chi connectivity index (χ1n) is 14.3. The fourth-order valence-electron chi connectivity index (χ4n) is 9.11. The molecule has 0 amide bonds. The first kappa shape index (κ1) is 25.1. The lowest BCUT2D eigenvalue weighted by atomic mass is 9.27. The third-order valence-corrected chi connectivity index (χ3v) is 11.8. The van der Waals surface area contributed by atoms with Gasteiger partial charge in [0.1, 0.15) is 0 Å². The highest BCUT2D eigenvalue weighted by atomic mass is 16.5. The molecule has 190 valence electrons. The van der Waals surface area contributed by atoms with Gasteiger partial charge in [-0.2, -0.15) is 0 Å². The molecule has 0 unspecified atom stereocenters. The Labute approximate surface area is 213 Å². The smallest absolute Gasteiger partial charge is 0.368 e. The van der Waals surface area contributed by atoms with Gasteiger partial charge in [0.25, 0.3) is 5.97 Å². The van der Waals surface area contributed by atoms with E-state index in [1.807, 2.05) is 30.3 Å². The molecule has 8 atom stereocenters. The fraction of sp³-hybridized carbons (Fsp3) is 0.742. The van der Waals surface area contributed by atoms with E-state index >= 15 is 0 Å². The van der Waals surface area contributed by atoms with Gasteiger partial charge in [0, 0.05) is 18.4 Å². The lowest BCUT2D eigenvalue weighted by Crippen LogP contribution is -2.60. The van der Waals surface area contributed by atoms with Crippen LogP contribution in [0.15, 0.2) is 30.3 Å². The fourth-order valence-corrected chi connectivity index (χ4v) is 9.11. The Bertz CT molecular complexity index is 911. The van der Waals surface area contributed by atoms with Crippen molar-refractivity contribution in [2.45, 2.75) is 98.1 Å². The average Bonchev–Trinajstić information content (AvgIpc) is 2.82. The number of ketones is 1. The largest absolute Gasteiger partial charge is 0.536 e. The van der Waals surface area contributed by atoms with E-state index in [1.54, 1.807) is 0 Å². The van der Waals surface area contributed by atoms with E-state index in [-0.39, 0.29) is 18.7 Å². The van der Waals surface area contributed by atoms with Crippen LogP contribution in [0.1, 0.15) is 96.8 Å². The van der Waals surface area contributed by atoms with Gasteiger partial charge < -0.3 is 4.65 Å². The molecule has 0 saturated heterocycles. The second-order valence-corrected chi connectivity index (χ2v) is 13.8. The topological polar surface area (TPSA) is 43.4 Å². The zero-order valence-corrected chi connectivity index (χ0v) is 22.8. The molecule has 0 aliphatic heterocycles. The van der Waals surface area contributed by atoms with E-state index in [4.69, 9.17) is 4.65 Å². The van der Waals surface area contributed by atoms with Crippen molar-refractivity contribution in [1.29, 1.82) is 0 Å². The lowest BCUT2D eigenvalue weighted by Gasteiger charge is -2.65. The Hall–Kier alpha value is -1.58. The predicted octanol–water partition coefficient (Wildman–Crippen LogP) is 7.72. The average molecular weight is 477 g/mol. The molecule has 0 N–H and O–H groups in total. The monoisotopic (exact) mass is 476 g/mol. The van der Waals surface area contributed by atoms with Gasteiger partial charge in [0.2, 0.25) is 0 Å². The molecule has 6 aliphatic carbocycles. The maximum absolute atomic E-state index is 13.2. The van der Waals surface area contributed by atoms with Crippen LogP contribution in [-0.2, 0) is 9.45 Å². The minimum Gasteiger partial charge on any atom is -0.536 e. The molecule has 6 fully saturated rings. The van der Waals surface area contributed by atoms with Crippen LogP contribution in [0.2, 0.25) is 11.6 Å². The van der Waals surface area contributed by atoms with Crippen LogP contribution in [-0.4, -0.2) is 18.7 Å². The summed E-state index contributed by atoms with van der Waals surface area (Å²) in [7, 11) is 0. The minimum absolute atomic E-state index is 0.0418. The van der Waals surface area contributed by atoms with Crippen LogP contribution in [0.25, 0.3) is 0 Å². The maximum Gasteiger partial charge on any atom is 0.368 e. The standard InChI is InChI=1S/C31H45BO3/c1-19-24-15-22(30(24,3)4)17-26(19)32(27-18-23-16-25(20(27)2)31(23,5)6)35-29(34)14-10-13-28(33)21-11-8-7-9-12-21/h7-9,11-12,19-20,22-27H,10,13-18H2,1-6H3/t19-,20-,22-,23+,24+,25-,26-,27-/m1/s1. The number of benzene rings is 1. The van der Waals surface area contributed by atoms with Crippen LogP contribution in [0.3, 0.4) is 0 Å². The van der Waals surface area contributed by atoms with Crippen molar-refractivity contribution < 1.29 is 14.2 Å². The molecule has 0 aromatic heterocycles. The van der Waals surface area contributed by atoms with Gasteiger partial charge in [-0.3, -0.25) is 9.59 Å². The highest BCUT2D eigenvalue weighted by molar-refractivity contribution is 6.57. The van der Waals surface area contributed by atoms with Gasteiger partial charge in [-0.05, 0) is 90.1 Å². The number of fused-ring (bicyclic) bond motifs is 4. The van der Waals surface area contributed by atoms with Gasteiger partial charge in [-0.15, -0.1) is 0 Å². The SMILES string of the molecule is C[C@@H]1[C@H]2C[C@@H](C[C@H]1B(OC(=O)CCCC(=O)c1ccccc1)[C@@H]1C[C@H]3C[C@@H]([C@H]1C)C3(C)C)C2(C)C. The van der Waals surface area contributed by atoms with Crippen LogP contribution in [0.4, 0.5) is 0 Å². The molecular weight excluding hydrogens is 431 g/mol. The number of hydrogen-bond acceptors (Lipinski definition) is 3. The first-order valence-corrected chi connectivity index (χ1v) is 14.3. The summed E-state index contributed by atoms with van der Waals surface area (Å²) in [5.74, 6) is 5.23. The summed E-state index contributed by atoms with van der Waals surface area (Å²) in [5, 5.41) is 0. The molecule has 4 bridgehead atoms. The van der Waals surface area contributed by atoms with Gasteiger partial charge in [-0.25, -0.2) is 0 Å². The number of hydrogen-bond donors (Lipinski definition) is 0. The first-order chi connectivity index (χ1) is 16.5. The summed E-state index contributed by atoms with van der Waals surface area (Å²) in [6.45, 7) is 14.7. The molecule has 0 radical (unpaired) electrons. The molecule has 7 rings (SSSR count). The maximum atomic E-state index is 13.2. The highest BCUT2D eigenvalue weighted by Crippen LogP contribution is 2.69. The van der Waals surface area contributed by atoms with E-state index in [1.165, 1.54) is 25.7 Å². The van der Waals surface area contributed by atoms with Gasteiger partial charge >= 0.3 is 6.92 Å². The number of carbonyl (C=O) groups excluding carboxylic acids is 2. The third kappa shape index (κ3) is 4.21. The van der Waals surface area contributed by atoms with E-state index in [2.05, 4.69) is 41.5 Å². The van der Waals surface area contributed by atoms with Crippen molar-refractivity contribution in [3.05, 3.63) is 35.9 Å². The molecule has 1 aromatic carbocycles. The number of carbonyl (C=O) groups is 2. The number of Topliss-reactive ketones (excluding diaryl/α,β-unsaturated/α-hetero) is 1. The Morgan fingerprint density at radius 2 is 1.34 bits per heavy atom. The molecule has 4 heteroatoms. The zero-order valence-electron chi connectivity index (χ0n) is 22.8. The zero-order chi connectivity index (χ0) is 25.1. The quantitative estimate of drug-likeness (QED) is 0.285. The Balaban J connectivity index is 1.26. The number of rotatable bonds is 8. The van der Waals surface area contributed by atoms with Crippen molar-refractivity contribution >= 4 is 18.7 Å². The lowest BCUT2D eigenvalue weighted by molar-refractivity contribution is -0.138. The second-order valence-electron chi connectivity index (χ2n) is 13.8. The van der Waals surface area contributed by atoms with Gasteiger partial charge in [0.15, 0.2) is 5.78 Å². The third-order valence-electron chi connectivity index (χ3n) is 11.8. The van der Waals surface area contributed by atoms with Crippen LogP contribution >= 0.6 is 0 Å². The molecule has 1 aromatic rings. The Morgan fingerprint density at radius 1 is 0.829 bits per heavy atom. The summed E-state index contributed by atoms with van der Waals surface area (Å²) in [4.78, 5) is 25.7. The Morgan fingerprint density at radius 3 is 1.80 bits per heavy atom. The predicted molar refractivity (Wildman–Crippen MR) is 142 cm³/mol. The van der Waals surface area contributed by atoms with E-state index in [0.717, 1.165) is 29.2 Å². The van der Waals surface area contributed by atoms with Crippen molar-refractivity contribution in [3.63, 3.8) is 0 Å². The summed E-state index contributed by atoms with van der Waals surface area (Å²) in [6, 6.07) is 9.40. The molecule has 0 heterocycles. The molecule has 0 spiro atoms. The van der Waals surface area contributed by atoms with Crippen molar-refractivity contribution in [2.24, 2.45) is 46.3 Å². The van der Waals surface area contributed by atoms with E-state index in [9.17, 15) is 9.59 Å². The van der Waals surface area contributed by atoms with Crippen molar-refractivity contribution in [2.75, 3.05) is 0 Å². The summed E-state index contributed by atoms with van der Waals surface area (Å²) >= 11 is 0. The summed E-state index contributed by atoms with van der Waals surface area (Å²) in [6.07, 6.45) is 6.43. The van der Waals surface area contributed by atoms with Gasteiger partial charge in [0.05, 0.1) is 0 Å². The molecule has 3 nitrogen and oxygen atoms in total. The van der Waals surface area contributed by atoms with Crippen molar-refractivity contribution in [1.82, 2.24) is 0 Å². The van der Waals surface area contributed by atoms with E-state index in [0.29, 0.717) is 53.6 Å². The second kappa shape index (κ2) is 9.07. The summed E-state index contributed by atoms with van der Waals surface area (Å²) < 4.78 is 6.48.